The highest BCUT2D eigenvalue weighted by Crippen LogP contribution is 2.32. The standard InChI is InChI=1S/C10H13NO3/c12-9(13)2-1-5-11-8-4-3-7(6-8)10(11)14/h3-4,7-8H,1-2,5-6H2,(H,12,13). The zero-order valence-electron chi connectivity index (χ0n) is 7.85. The summed E-state index contributed by atoms with van der Waals surface area (Å²) in [5.41, 5.74) is 0. The molecule has 2 bridgehead atoms. The van der Waals surface area contributed by atoms with Gasteiger partial charge >= 0.3 is 5.97 Å². The Morgan fingerprint density at radius 1 is 1.57 bits per heavy atom. The van der Waals surface area contributed by atoms with E-state index in [1.54, 1.807) is 4.90 Å². The fourth-order valence-corrected chi connectivity index (χ4v) is 2.15. The lowest BCUT2D eigenvalue weighted by Gasteiger charge is -2.23. The van der Waals surface area contributed by atoms with Gasteiger partial charge in [0.15, 0.2) is 0 Å². The third kappa shape index (κ3) is 1.52. The molecule has 1 amide bonds. The molecule has 1 aliphatic heterocycles. The normalized spacial score (nSPS) is 28.9. The lowest BCUT2D eigenvalue weighted by Crippen LogP contribution is -2.35. The molecule has 0 spiro atoms. The van der Waals surface area contributed by atoms with Gasteiger partial charge in [-0.2, -0.15) is 0 Å². The van der Waals surface area contributed by atoms with Gasteiger partial charge in [-0.15, -0.1) is 0 Å². The summed E-state index contributed by atoms with van der Waals surface area (Å²) >= 11 is 0. The van der Waals surface area contributed by atoms with Gasteiger partial charge in [0, 0.05) is 13.0 Å². The molecule has 1 aliphatic carbocycles. The molecule has 2 rings (SSSR count). The maximum Gasteiger partial charge on any atom is 0.303 e. The number of amides is 1. The van der Waals surface area contributed by atoms with E-state index >= 15 is 0 Å². The molecule has 4 heteroatoms. The topological polar surface area (TPSA) is 57.6 Å². The van der Waals surface area contributed by atoms with Crippen LogP contribution < -0.4 is 0 Å². The highest BCUT2D eigenvalue weighted by Gasteiger charge is 2.40. The second-order valence-electron chi connectivity index (χ2n) is 3.82. The maximum absolute atomic E-state index is 11.6. The van der Waals surface area contributed by atoms with Crippen LogP contribution in [0, 0.1) is 5.92 Å². The number of rotatable bonds is 4. The number of carbonyl (C=O) groups excluding carboxylic acids is 1. The molecular formula is C10H13NO3. The number of nitrogens with zero attached hydrogens (tertiary/aromatic N) is 1. The van der Waals surface area contributed by atoms with Gasteiger partial charge in [-0.3, -0.25) is 9.59 Å². The first-order valence-electron chi connectivity index (χ1n) is 4.89. The van der Waals surface area contributed by atoms with Crippen molar-refractivity contribution >= 4 is 11.9 Å². The molecular weight excluding hydrogens is 182 g/mol. The lowest BCUT2D eigenvalue weighted by atomic mass is 10.1. The summed E-state index contributed by atoms with van der Waals surface area (Å²) in [5.74, 6) is -0.551. The van der Waals surface area contributed by atoms with E-state index < -0.39 is 5.97 Å². The van der Waals surface area contributed by atoms with E-state index in [9.17, 15) is 9.59 Å². The van der Waals surface area contributed by atoms with E-state index in [1.807, 2.05) is 12.2 Å². The number of carbonyl (C=O) groups is 2. The molecule has 2 unspecified atom stereocenters. The van der Waals surface area contributed by atoms with Crippen LogP contribution in [0.15, 0.2) is 12.2 Å². The molecule has 0 aromatic heterocycles. The van der Waals surface area contributed by atoms with E-state index in [2.05, 4.69) is 0 Å². The highest BCUT2D eigenvalue weighted by molar-refractivity contribution is 5.85. The van der Waals surface area contributed by atoms with E-state index in [-0.39, 0.29) is 24.3 Å². The molecule has 1 N–H and O–H groups in total. The summed E-state index contributed by atoms with van der Waals surface area (Å²) < 4.78 is 0. The van der Waals surface area contributed by atoms with Crippen LogP contribution in [0.5, 0.6) is 0 Å². The predicted octanol–water partition coefficient (Wildman–Crippen LogP) is 0.638. The van der Waals surface area contributed by atoms with Crippen molar-refractivity contribution in [1.82, 2.24) is 4.90 Å². The molecule has 0 aromatic carbocycles. The first kappa shape index (κ1) is 9.24. The summed E-state index contributed by atoms with van der Waals surface area (Å²) in [7, 11) is 0. The van der Waals surface area contributed by atoms with Crippen LogP contribution in [0.1, 0.15) is 19.3 Å². The van der Waals surface area contributed by atoms with E-state index in [1.165, 1.54) is 0 Å². The average Bonchev–Trinajstić information content (AvgIpc) is 2.68. The van der Waals surface area contributed by atoms with Crippen molar-refractivity contribution in [2.45, 2.75) is 25.3 Å². The molecule has 4 nitrogen and oxygen atoms in total. The Kier molecular flexibility index (Phi) is 2.27. The zero-order chi connectivity index (χ0) is 10.1. The van der Waals surface area contributed by atoms with Gasteiger partial charge in [-0.25, -0.2) is 0 Å². The molecule has 2 aliphatic rings. The second-order valence-corrected chi connectivity index (χ2v) is 3.82. The average molecular weight is 195 g/mol. The monoisotopic (exact) mass is 195 g/mol. The van der Waals surface area contributed by atoms with Crippen molar-refractivity contribution in [3.8, 4) is 0 Å². The minimum absolute atomic E-state index is 0.0739. The maximum atomic E-state index is 11.6. The van der Waals surface area contributed by atoms with Crippen molar-refractivity contribution in [2.24, 2.45) is 5.92 Å². The van der Waals surface area contributed by atoms with Crippen LogP contribution in [0.3, 0.4) is 0 Å². The Labute approximate surface area is 82.2 Å². The Morgan fingerprint density at radius 2 is 2.36 bits per heavy atom. The Bertz CT molecular complexity index is 298. The van der Waals surface area contributed by atoms with Crippen LogP contribution in [-0.2, 0) is 9.59 Å². The third-order valence-corrected chi connectivity index (χ3v) is 2.85. The quantitative estimate of drug-likeness (QED) is 0.669. The van der Waals surface area contributed by atoms with E-state index in [4.69, 9.17) is 5.11 Å². The molecule has 1 fully saturated rings. The first-order valence-corrected chi connectivity index (χ1v) is 4.89. The fraction of sp³-hybridized carbons (Fsp3) is 0.600. The number of hydrogen-bond donors (Lipinski definition) is 1. The molecule has 14 heavy (non-hydrogen) atoms. The third-order valence-electron chi connectivity index (χ3n) is 2.85. The van der Waals surface area contributed by atoms with Gasteiger partial charge < -0.3 is 10.0 Å². The summed E-state index contributed by atoms with van der Waals surface area (Å²) in [6, 6.07) is 0.237. The van der Waals surface area contributed by atoms with Gasteiger partial charge in [0.2, 0.25) is 5.91 Å². The summed E-state index contributed by atoms with van der Waals surface area (Å²) in [6.07, 6.45) is 5.60. The number of aliphatic carboxylic acids is 1. The zero-order valence-corrected chi connectivity index (χ0v) is 7.85. The highest BCUT2D eigenvalue weighted by atomic mass is 16.4. The van der Waals surface area contributed by atoms with Crippen molar-refractivity contribution in [3.05, 3.63) is 12.2 Å². The van der Waals surface area contributed by atoms with Crippen LogP contribution in [0.2, 0.25) is 0 Å². The van der Waals surface area contributed by atoms with Crippen molar-refractivity contribution in [3.63, 3.8) is 0 Å². The number of likely N-dealkylation sites (tertiary alicyclic amines) is 1. The number of carboxylic acids is 1. The number of hydrogen-bond acceptors (Lipinski definition) is 2. The molecule has 0 radical (unpaired) electrons. The second kappa shape index (κ2) is 3.44. The van der Waals surface area contributed by atoms with E-state index in [0.717, 1.165) is 6.42 Å². The molecule has 2 atom stereocenters. The van der Waals surface area contributed by atoms with Gasteiger partial charge in [-0.05, 0) is 12.8 Å². The Morgan fingerprint density at radius 3 is 2.93 bits per heavy atom. The van der Waals surface area contributed by atoms with Crippen LogP contribution >= 0.6 is 0 Å². The smallest absolute Gasteiger partial charge is 0.303 e. The number of fused-ring (bicyclic) bond motifs is 2. The minimum Gasteiger partial charge on any atom is -0.481 e. The molecule has 1 saturated heterocycles. The van der Waals surface area contributed by atoms with Crippen molar-refractivity contribution < 1.29 is 14.7 Å². The molecule has 76 valence electrons. The summed E-state index contributed by atoms with van der Waals surface area (Å²) in [6.45, 7) is 0.580. The van der Waals surface area contributed by atoms with Gasteiger partial charge in [-0.1, -0.05) is 12.2 Å². The number of carboxylic acid groups (broad SMARTS) is 1. The van der Waals surface area contributed by atoms with E-state index in [0.29, 0.717) is 13.0 Å². The van der Waals surface area contributed by atoms with Crippen molar-refractivity contribution in [2.75, 3.05) is 6.54 Å². The lowest BCUT2D eigenvalue weighted by molar-refractivity contribution is -0.138. The van der Waals surface area contributed by atoms with Gasteiger partial charge in [0.1, 0.15) is 0 Å². The minimum atomic E-state index is -0.794. The van der Waals surface area contributed by atoms with Crippen LogP contribution in [-0.4, -0.2) is 34.5 Å². The van der Waals surface area contributed by atoms with Gasteiger partial charge in [0.05, 0.1) is 12.0 Å². The predicted molar refractivity (Wildman–Crippen MR) is 49.6 cm³/mol. The Hall–Kier alpha value is -1.32. The summed E-state index contributed by atoms with van der Waals surface area (Å²) in [5, 5.41) is 8.47. The summed E-state index contributed by atoms with van der Waals surface area (Å²) in [4.78, 5) is 23.7. The molecule has 0 saturated carbocycles. The first-order chi connectivity index (χ1) is 6.68. The SMILES string of the molecule is O=C(O)CCCN1C(=O)C2C=CC1C2. The largest absolute Gasteiger partial charge is 0.481 e. The van der Waals surface area contributed by atoms with Crippen molar-refractivity contribution in [1.29, 1.82) is 0 Å². The van der Waals surface area contributed by atoms with Crippen LogP contribution in [0.4, 0.5) is 0 Å². The van der Waals surface area contributed by atoms with Crippen LogP contribution in [0.25, 0.3) is 0 Å². The Balaban J connectivity index is 1.84. The molecule has 1 heterocycles. The van der Waals surface area contributed by atoms with Gasteiger partial charge in [0.25, 0.3) is 0 Å². The molecule has 0 aromatic rings. The fourth-order valence-electron chi connectivity index (χ4n) is 2.15.